The topological polar surface area (TPSA) is 89.1 Å². The fraction of sp³-hybridized carbons (Fsp3) is 0.158. The Hall–Kier alpha value is -5.76. The molecule has 0 saturated heterocycles. The van der Waals surface area contributed by atoms with E-state index >= 15 is 0 Å². The van der Waals surface area contributed by atoms with Crippen LogP contribution < -0.4 is 24.8 Å². The number of nitrogens with one attached hydrogen (secondary N) is 2. The molecule has 0 heterocycles. The number of hydrogen-bond acceptors (Lipinski definition) is 5. The molecular weight excluding hydrogens is 578 g/mol. The number of benzene rings is 5. The maximum Gasteiger partial charge on any atom is 0.323 e. The number of carbonyl (C=O) groups is 2. The van der Waals surface area contributed by atoms with Gasteiger partial charge in [0, 0.05) is 25.0 Å². The van der Waals surface area contributed by atoms with Crippen LogP contribution in [0, 0.1) is 0 Å². The molecule has 3 amide bonds. The number of likely N-dealkylation sites (N-methyl/N-ethyl adjacent to an activating group) is 1. The number of para-hydroxylation sites is 1. The van der Waals surface area contributed by atoms with Crippen LogP contribution in [-0.4, -0.2) is 44.7 Å². The zero-order chi connectivity index (χ0) is 32.3. The van der Waals surface area contributed by atoms with Crippen molar-refractivity contribution in [3.63, 3.8) is 0 Å². The van der Waals surface area contributed by atoms with E-state index in [9.17, 15) is 9.59 Å². The highest BCUT2D eigenvalue weighted by molar-refractivity contribution is 6.02. The molecule has 5 aromatic carbocycles. The summed E-state index contributed by atoms with van der Waals surface area (Å²) < 4.78 is 17.5. The molecule has 5 aromatic rings. The van der Waals surface area contributed by atoms with Gasteiger partial charge >= 0.3 is 6.03 Å². The van der Waals surface area contributed by atoms with Crippen LogP contribution in [0.15, 0.2) is 127 Å². The van der Waals surface area contributed by atoms with E-state index in [0.717, 1.165) is 16.7 Å². The SMILES string of the molecule is COc1ccc(CCN(C)C(=O)c2cc(NC(=O)Nc3ccccc3)ccc2OC(c2ccccc2)c2ccccc2)cc1OC. The first kappa shape index (κ1) is 31.7. The van der Waals surface area contributed by atoms with Gasteiger partial charge in [-0.15, -0.1) is 0 Å². The van der Waals surface area contributed by atoms with Crippen molar-refractivity contribution in [1.82, 2.24) is 4.90 Å². The second-order valence-corrected chi connectivity index (χ2v) is 10.6. The quantitative estimate of drug-likeness (QED) is 0.149. The van der Waals surface area contributed by atoms with Crippen molar-refractivity contribution >= 4 is 23.3 Å². The van der Waals surface area contributed by atoms with Gasteiger partial charge in [-0.3, -0.25) is 4.79 Å². The van der Waals surface area contributed by atoms with Crippen LogP contribution >= 0.6 is 0 Å². The molecule has 0 bridgehead atoms. The molecule has 0 aliphatic carbocycles. The Balaban J connectivity index is 1.43. The highest BCUT2D eigenvalue weighted by Crippen LogP contribution is 2.33. The number of anilines is 2. The van der Waals surface area contributed by atoms with Crippen molar-refractivity contribution in [2.24, 2.45) is 0 Å². The van der Waals surface area contributed by atoms with Crippen molar-refractivity contribution in [3.8, 4) is 17.2 Å². The minimum Gasteiger partial charge on any atom is -0.493 e. The van der Waals surface area contributed by atoms with Gasteiger partial charge in [-0.25, -0.2) is 4.79 Å². The Morgan fingerprint density at radius 2 is 1.22 bits per heavy atom. The number of amides is 3. The van der Waals surface area contributed by atoms with Gasteiger partial charge in [0.1, 0.15) is 11.9 Å². The van der Waals surface area contributed by atoms with Gasteiger partial charge in [-0.2, -0.15) is 0 Å². The summed E-state index contributed by atoms with van der Waals surface area (Å²) in [4.78, 5) is 28.5. The third-order valence-electron chi connectivity index (χ3n) is 7.48. The van der Waals surface area contributed by atoms with Gasteiger partial charge in [0.05, 0.1) is 19.8 Å². The Morgan fingerprint density at radius 1 is 0.652 bits per heavy atom. The summed E-state index contributed by atoms with van der Waals surface area (Å²) in [6.45, 7) is 0.431. The Labute approximate surface area is 269 Å². The zero-order valence-corrected chi connectivity index (χ0v) is 26.1. The Kier molecular flexibility index (Phi) is 10.5. The van der Waals surface area contributed by atoms with Crippen LogP contribution in [0.25, 0.3) is 0 Å². The molecule has 0 aliphatic rings. The largest absolute Gasteiger partial charge is 0.493 e. The molecule has 0 atom stereocenters. The zero-order valence-electron chi connectivity index (χ0n) is 26.1. The molecule has 0 spiro atoms. The molecule has 5 rings (SSSR count). The van der Waals surface area contributed by atoms with Gasteiger partial charge in [-0.1, -0.05) is 84.9 Å². The van der Waals surface area contributed by atoms with Crippen LogP contribution in [0.2, 0.25) is 0 Å². The second kappa shape index (κ2) is 15.3. The summed E-state index contributed by atoms with van der Waals surface area (Å²) in [5, 5.41) is 5.66. The minimum atomic E-state index is -0.466. The molecular formula is C38H37N3O5. The normalized spacial score (nSPS) is 10.6. The van der Waals surface area contributed by atoms with Crippen LogP contribution in [0.4, 0.5) is 16.2 Å². The van der Waals surface area contributed by atoms with E-state index in [4.69, 9.17) is 14.2 Å². The molecule has 8 nitrogen and oxygen atoms in total. The highest BCUT2D eigenvalue weighted by atomic mass is 16.5. The fourth-order valence-electron chi connectivity index (χ4n) is 5.04. The van der Waals surface area contributed by atoms with E-state index in [1.807, 2.05) is 97.1 Å². The molecule has 2 N–H and O–H groups in total. The lowest BCUT2D eigenvalue weighted by molar-refractivity contribution is 0.0790. The molecule has 0 radical (unpaired) electrons. The van der Waals surface area contributed by atoms with E-state index in [2.05, 4.69) is 10.6 Å². The lowest BCUT2D eigenvalue weighted by Crippen LogP contribution is -2.29. The summed E-state index contributed by atoms with van der Waals surface area (Å²) in [6.07, 6.45) is 0.124. The molecule has 0 aromatic heterocycles. The number of nitrogens with zero attached hydrogens (tertiary/aromatic N) is 1. The highest BCUT2D eigenvalue weighted by Gasteiger charge is 2.23. The van der Waals surface area contributed by atoms with Crippen LogP contribution in [-0.2, 0) is 6.42 Å². The smallest absolute Gasteiger partial charge is 0.323 e. The van der Waals surface area contributed by atoms with E-state index in [1.165, 1.54) is 0 Å². The number of ether oxygens (including phenoxy) is 3. The number of rotatable bonds is 12. The van der Waals surface area contributed by atoms with Crippen molar-refractivity contribution in [2.75, 3.05) is 38.4 Å². The lowest BCUT2D eigenvalue weighted by Gasteiger charge is -2.24. The molecule has 0 aliphatic heterocycles. The second-order valence-electron chi connectivity index (χ2n) is 10.6. The van der Waals surface area contributed by atoms with Crippen molar-refractivity contribution < 1.29 is 23.8 Å². The molecule has 8 heteroatoms. The Bertz CT molecular complexity index is 1710. The Morgan fingerprint density at radius 3 is 1.83 bits per heavy atom. The van der Waals surface area contributed by atoms with E-state index in [-0.39, 0.29) is 5.91 Å². The predicted molar refractivity (Wildman–Crippen MR) is 181 cm³/mol. The molecule has 0 saturated carbocycles. The van der Waals surface area contributed by atoms with Crippen molar-refractivity contribution in [3.05, 3.63) is 150 Å². The maximum absolute atomic E-state index is 14.1. The summed E-state index contributed by atoms with van der Waals surface area (Å²) in [5.41, 5.74) is 4.31. The summed E-state index contributed by atoms with van der Waals surface area (Å²) in [5.74, 6) is 1.42. The van der Waals surface area contributed by atoms with Crippen LogP contribution in [0.3, 0.4) is 0 Å². The predicted octanol–water partition coefficient (Wildman–Crippen LogP) is 7.83. The summed E-state index contributed by atoms with van der Waals surface area (Å²) >= 11 is 0. The average molecular weight is 616 g/mol. The fourth-order valence-corrected chi connectivity index (χ4v) is 5.04. The number of hydrogen-bond donors (Lipinski definition) is 2. The standard InChI is InChI=1S/C38H37N3O5/c1-41(24-23-27-19-21-34(44-2)35(25-27)45-3)37(42)32-26-31(40-38(43)39-30-17-11-6-12-18-30)20-22-33(32)46-36(28-13-7-4-8-14-28)29-15-9-5-10-16-29/h4-22,25-26,36H,23-24H2,1-3H3,(H2,39,40,43). The first-order chi connectivity index (χ1) is 22.4. The van der Waals surface area contributed by atoms with Gasteiger partial charge in [0.15, 0.2) is 11.5 Å². The number of methoxy groups -OCH3 is 2. The van der Waals surface area contributed by atoms with Crippen LogP contribution in [0.5, 0.6) is 17.2 Å². The molecule has 0 unspecified atom stereocenters. The number of carbonyl (C=O) groups excluding carboxylic acids is 2. The molecule has 0 fully saturated rings. The first-order valence-corrected chi connectivity index (χ1v) is 14.9. The van der Waals surface area contributed by atoms with E-state index in [0.29, 0.717) is 47.2 Å². The molecule has 46 heavy (non-hydrogen) atoms. The van der Waals surface area contributed by atoms with Crippen molar-refractivity contribution in [1.29, 1.82) is 0 Å². The van der Waals surface area contributed by atoms with Gasteiger partial charge < -0.3 is 29.7 Å². The lowest BCUT2D eigenvalue weighted by atomic mass is 10.0. The van der Waals surface area contributed by atoms with Gasteiger partial charge in [-0.05, 0) is 65.6 Å². The molecule has 234 valence electrons. The van der Waals surface area contributed by atoms with E-state index < -0.39 is 12.1 Å². The maximum atomic E-state index is 14.1. The average Bonchev–Trinajstić information content (AvgIpc) is 3.10. The third-order valence-corrected chi connectivity index (χ3v) is 7.48. The number of urea groups is 1. The van der Waals surface area contributed by atoms with Gasteiger partial charge in [0.2, 0.25) is 0 Å². The van der Waals surface area contributed by atoms with Gasteiger partial charge in [0.25, 0.3) is 5.91 Å². The monoisotopic (exact) mass is 615 g/mol. The first-order valence-electron chi connectivity index (χ1n) is 14.9. The van der Waals surface area contributed by atoms with E-state index in [1.54, 1.807) is 56.5 Å². The summed E-state index contributed by atoms with van der Waals surface area (Å²) in [7, 11) is 4.94. The van der Waals surface area contributed by atoms with Crippen molar-refractivity contribution in [2.45, 2.75) is 12.5 Å². The third kappa shape index (κ3) is 8.04. The minimum absolute atomic E-state index is 0.248. The van der Waals surface area contributed by atoms with Crippen LogP contribution in [0.1, 0.15) is 33.2 Å². The summed E-state index contributed by atoms with van der Waals surface area (Å²) in [6, 6.07) is 39.3.